The Bertz CT molecular complexity index is 547. The molecule has 0 bridgehead atoms. The van der Waals surface area contributed by atoms with Crippen molar-refractivity contribution in [1.82, 2.24) is 14.9 Å². The van der Waals surface area contributed by atoms with E-state index in [-0.39, 0.29) is 0 Å². The molecule has 1 aliphatic heterocycles. The predicted molar refractivity (Wildman–Crippen MR) is 89.3 cm³/mol. The molecule has 5 nitrogen and oxygen atoms in total. The Kier molecular flexibility index (Phi) is 4.86. The summed E-state index contributed by atoms with van der Waals surface area (Å²) in [5, 5.41) is 0.821. The summed E-state index contributed by atoms with van der Waals surface area (Å²) in [5.74, 6) is 1.67. The van der Waals surface area contributed by atoms with E-state index < -0.39 is 0 Å². The van der Waals surface area contributed by atoms with E-state index in [1.54, 1.807) is 11.8 Å². The molecule has 120 valence electrons. The lowest BCUT2D eigenvalue weighted by molar-refractivity contribution is -0.137. The first-order valence-corrected chi connectivity index (χ1v) is 9.33. The van der Waals surface area contributed by atoms with Crippen LogP contribution in [0.4, 0.5) is 5.82 Å². The van der Waals surface area contributed by atoms with Crippen LogP contribution < -0.4 is 4.90 Å². The number of thioether (sulfide) groups is 1. The number of aryl methyl sites for hydroxylation is 1. The third-order valence-electron chi connectivity index (χ3n) is 4.59. The lowest BCUT2D eigenvalue weighted by Crippen LogP contribution is -2.41. The molecule has 1 aliphatic carbocycles. The van der Waals surface area contributed by atoms with Gasteiger partial charge >= 0.3 is 0 Å². The Hall–Kier alpha value is -1.30. The second-order valence-corrected chi connectivity index (χ2v) is 6.92. The van der Waals surface area contributed by atoms with Crippen molar-refractivity contribution in [2.24, 2.45) is 5.92 Å². The second-order valence-electron chi connectivity index (χ2n) is 6.15. The summed E-state index contributed by atoms with van der Waals surface area (Å²) in [7, 11) is 0. The summed E-state index contributed by atoms with van der Waals surface area (Å²) in [6.07, 6.45) is 6.40. The fourth-order valence-corrected chi connectivity index (χ4v) is 3.48. The third kappa shape index (κ3) is 3.37. The van der Waals surface area contributed by atoms with Crippen molar-refractivity contribution in [2.75, 3.05) is 37.3 Å². The minimum Gasteiger partial charge on any atom is -0.355 e. The van der Waals surface area contributed by atoms with Gasteiger partial charge in [-0.05, 0) is 32.4 Å². The van der Waals surface area contributed by atoms with Gasteiger partial charge in [0.05, 0.1) is 0 Å². The maximum absolute atomic E-state index is 12.4. The van der Waals surface area contributed by atoms with Gasteiger partial charge in [0.15, 0.2) is 5.16 Å². The van der Waals surface area contributed by atoms with E-state index in [0.717, 1.165) is 62.1 Å². The highest BCUT2D eigenvalue weighted by Crippen LogP contribution is 2.29. The molecule has 1 saturated heterocycles. The van der Waals surface area contributed by atoms with E-state index in [1.807, 2.05) is 19.2 Å². The Morgan fingerprint density at radius 2 is 2.00 bits per heavy atom. The van der Waals surface area contributed by atoms with E-state index in [1.165, 1.54) is 6.42 Å². The van der Waals surface area contributed by atoms with Crippen LogP contribution in [-0.4, -0.2) is 53.2 Å². The highest BCUT2D eigenvalue weighted by Gasteiger charge is 2.30. The molecular weight excluding hydrogens is 296 g/mol. The largest absolute Gasteiger partial charge is 0.355 e. The highest BCUT2D eigenvalue weighted by atomic mass is 32.2. The SMILES string of the molecule is CSc1nc(C)cc(N2CCCN(C(=O)C3CCC3)CC2)n1. The standard InChI is InChI=1S/C16H24N4OS/c1-12-11-14(18-16(17-12)22-2)19-7-4-8-20(10-9-19)15(21)13-5-3-6-13/h11,13H,3-10H2,1-2H3. The molecule has 1 amide bonds. The molecule has 22 heavy (non-hydrogen) atoms. The van der Waals surface area contributed by atoms with Crippen LogP contribution >= 0.6 is 11.8 Å². The topological polar surface area (TPSA) is 49.3 Å². The van der Waals surface area contributed by atoms with Crippen molar-refractivity contribution in [3.05, 3.63) is 11.8 Å². The maximum Gasteiger partial charge on any atom is 0.225 e. The Morgan fingerprint density at radius 1 is 1.18 bits per heavy atom. The molecule has 0 spiro atoms. The summed E-state index contributed by atoms with van der Waals surface area (Å²) in [6, 6.07) is 2.04. The van der Waals surface area contributed by atoms with Gasteiger partial charge in [-0.3, -0.25) is 4.79 Å². The molecule has 2 fully saturated rings. The summed E-state index contributed by atoms with van der Waals surface area (Å²) in [5.41, 5.74) is 1.00. The van der Waals surface area contributed by atoms with Gasteiger partial charge in [0.25, 0.3) is 0 Å². The van der Waals surface area contributed by atoms with Gasteiger partial charge in [-0.15, -0.1) is 0 Å². The Labute approximate surface area is 136 Å². The van der Waals surface area contributed by atoms with Gasteiger partial charge in [-0.2, -0.15) is 0 Å². The molecule has 0 atom stereocenters. The van der Waals surface area contributed by atoms with Gasteiger partial charge in [-0.25, -0.2) is 9.97 Å². The zero-order valence-corrected chi connectivity index (χ0v) is 14.2. The zero-order valence-electron chi connectivity index (χ0n) is 13.4. The van der Waals surface area contributed by atoms with Crippen LogP contribution in [0.3, 0.4) is 0 Å². The Balaban J connectivity index is 1.67. The predicted octanol–water partition coefficient (Wildman–Crippen LogP) is 2.35. The minimum atomic E-state index is 0.302. The van der Waals surface area contributed by atoms with Gasteiger partial charge in [0.2, 0.25) is 5.91 Å². The molecule has 2 aliphatic rings. The van der Waals surface area contributed by atoms with Crippen LogP contribution in [0.1, 0.15) is 31.4 Å². The summed E-state index contributed by atoms with van der Waals surface area (Å²) >= 11 is 1.57. The monoisotopic (exact) mass is 320 g/mol. The van der Waals surface area contributed by atoms with Crippen LogP contribution in [0.25, 0.3) is 0 Å². The molecule has 3 rings (SSSR count). The molecule has 0 unspecified atom stereocenters. The van der Waals surface area contributed by atoms with Gasteiger partial charge < -0.3 is 9.80 Å². The maximum atomic E-state index is 12.4. The number of anilines is 1. The highest BCUT2D eigenvalue weighted by molar-refractivity contribution is 7.98. The van der Waals surface area contributed by atoms with Gasteiger partial charge in [0, 0.05) is 43.9 Å². The lowest BCUT2D eigenvalue weighted by atomic mass is 9.84. The molecule has 6 heteroatoms. The average molecular weight is 320 g/mol. The number of hydrogen-bond acceptors (Lipinski definition) is 5. The zero-order chi connectivity index (χ0) is 15.5. The summed E-state index contributed by atoms with van der Waals surface area (Å²) in [6.45, 7) is 5.52. The van der Waals surface area contributed by atoms with E-state index in [0.29, 0.717) is 11.8 Å². The number of aromatic nitrogens is 2. The van der Waals surface area contributed by atoms with Gasteiger partial charge in [-0.1, -0.05) is 18.2 Å². The van der Waals surface area contributed by atoms with E-state index in [4.69, 9.17) is 0 Å². The minimum absolute atomic E-state index is 0.302. The smallest absolute Gasteiger partial charge is 0.225 e. The molecule has 0 aromatic carbocycles. The molecule has 0 N–H and O–H groups in total. The number of carbonyl (C=O) groups is 1. The molecule has 1 aromatic rings. The number of rotatable bonds is 3. The van der Waals surface area contributed by atoms with Crippen molar-refractivity contribution in [1.29, 1.82) is 0 Å². The first-order chi connectivity index (χ1) is 10.7. The molecule has 1 aromatic heterocycles. The Morgan fingerprint density at radius 3 is 2.68 bits per heavy atom. The van der Waals surface area contributed by atoms with Crippen molar-refractivity contribution >= 4 is 23.5 Å². The van der Waals surface area contributed by atoms with Crippen LogP contribution in [0.5, 0.6) is 0 Å². The van der Waals surface area contributed by atoms with Crippen LogP contribution in [0, 0.1) is 12.8 Å². The van der Waals surface area contributed by atoms with Crippen molar-refractivity contribution in [2.45, 2.75) is 37.8 Å². The fraction of sp³-hybridized carbons (Fsp3) is 0.688. The lowest BCUT2D eigenvalue weighted by Gasteiger charge is -2.31. The third-order valence-corrected chi connectivity index (χ3v) is 5.14. The number of nitrogens with zero attached hydrogens (tertiary/aromatic N) is 4. The van der Waals surface area contributed by atoms with Crippen molar-refractivity contribution in [3.63, 3.8) is 0 Å². The van der Waals surface area contributed by atoms with Crippen LogP contribution in [-0.2, 0) is 4.79 Å². The number of hydrogen-bond donors (Lipinski definition) is 0. The first-order valence-electron chi connectivity index (χ1n) is 8.11. The second kappa shape index (κ2) is 6.86. The first kappa shape index (κ1) is 15.6. The number of amides is 1. The summed E-state index contributed by atoms with van der Waals surface area (Å²) < 4.78 is 0. The number of carbonyl (C=O) groups excluding carboxylic acids is 1. The van der Waals surface area contributed by atoms with Gasteiger partial charge in [0.1, 0.15) is 5.82 Å². The summed E-state index contributed by atoms with van der Waals surface area (Å²) in [4.78, 5) is 25.8. The molecule has 0 radical (unpaired) electrons. The van der Waals surface area contributed by atoms with Crippen LogP contribution in [0.15, 0.2) is 11.2 Å². The van der Waals surface area contributed by atoms with E-state index >= 15 is 0 Å². The molecular formula is C16H24N4OS. The molecule has 1 saturated carbocycles. The van der Waals surface area contributed by atoms with E-state index in [9.17, 15) is 4.79 Å². The normalized spacial score (nSPS) is 19.7. The molecule has 2 heterocycles. The van der Waals surface area contributed by atoms with Crippen LogP contribution in [0.2, 0.25) is 0 Å². The fourth-order valence-electron chi connectivity index (χ4n) is 3.06. The average Bonchev–Trinajstić information content (AvgIpc) is 2.70. The van der Waals surface area contributed by atoms with E-state index in [2.05, 4.69) is 19.8 Å². The van der Waals surface area contributed by atoms with Crippen molar-refractivity contribution < 1.29 is 4.79 Å². The quantitative estimate of drug-likeness (QED) is 0.632. The van der Waals surface area contributed by atoms with Crippen molar-refractivity contribution in [3.8, 4) is 0 Å².